The van der Waals surface area contributed by atoms with E-state index in [9.17, 15) is 44.7 Å². The van der Waals surface area contributed by atoms with Gasteiger partial charge in [0.25, 0.3) is 0 Å². The maximum absolute atomic E-state index is 13.9. The van der Waals surface area contributed by atoms with Crippen LogP contribution in [0.15, 0.2) is 64.1 Å². The van der Waals surface area contributed by atoms with Gasteiger partial charge in [-0.15, -0.1) is 0 Å². The molecule has 2 aromatic heterocycles. The molecule has 0 aliphatic heterocycles. The van der Waals surface area contributed by atoms with Crippen LogP contribution in [0.25, 0.3) is 27.8 Å². The summed E-state index contributed by atoms with van der Waals surface area (Å²) >= 11 is 0. The normalized spacial score (nSPS) is 12.7. The zero-order valence-corrected chi connectivity index (χ0v) is 17.6. The molecule has 0 radical (unpaired) electrons. The highest BCUT2D eigenvalue weighted by Crippen LogP contribution is 2.43. The molecular weight excluding hydrogens is 510 g/mol. The van der Waals surface area contributed by atoms with Crippen molar-refractivity contribution in [3.63, 3.8) is 0 Å². The molecule has 35 heavy (non-hydrogen) atoms. The highest BCUT2D eigenvalue weighted by molar-refractivity contribution is 7.88. The van der Waals surface area contributed by atoms with Gasteiger partial charge in [0.15, 0.2) is 11.3 Å². The van der Waals surface area contributed by atoms with Gasteiger partial charge in [0, 0.05) is 11.8 Å². The maximum atomic E-state index is 13.9. The van der Waals surface area contributed by atoms with Crippen molar-refractivity contribution < 1.29 is 48.5 Å². The van der Waals surface area contributed by atoms with Crippen molar-refractivity contribution in [1.29, 1.82) is 0 Å². The highest BCUT2D eigenvalue weighted by Gasteiger charge is 2.49. The quantitative estimate of drug-likeness (QED) is 0.238. The lowest BCUT2D eigenvalue weighted by Gasteiger charge is -2.15. The Morgan fingerprint density at radius 2 is 1.66 bits per heavy atom. The molecule has 2 heterocycles. The first kappa shape index (κ1) is 24.1. The van der Waals surface area contributed by atoms with Gasteiger partial charge in [0.1, 0.15) is 0 Å². The Bertz CT molecular complexity index is 1590. The van der Waals surface area contributed by atoms with Gasteiger partial charge in [0.05, 0.1) is 22.8 Å². The number of benzene rings is 2. The Labute approximate surface area is 190 Å². The van der Waals surface area contributed by atoms with Crippen LogP contribution in [0, 0.1) is 0 Å². The van der Waals surface area contributed by atoms with Crippen LogP contribution in [0.5, 0.6) is 11.5 Å². The van der Waals surface area contributed by atoms with Crippen LogP contribution in [0.4, 0.5) is 26.3 Å². The van der Waals surface area contributed by atoms with Crippen LogP contribution >= 0.6 is 0 Å². The van der Waals surface area contributed by atoms with E-state index in [4.69, 9.17) is 4.42 Å². The minimum Gasteiger partial charge on any atom is -0.504 e. The van der Waals surface area contributed by atoms with Crippen LogP contribution in [0.3, 0.4) is 0 Å². The third kappa shape index (κ3) is 4.29. The van der Waals surface area contributed by atoms with Gasteiger partial charge in [-0.1, -0.05) is 18.2 Å². The molecule has 4 aromatic rings. The number of aromatic nitrogens is 2. The van der Waals surface area contributed by atoms with Crippen LogP contribution in [0.1, 0.15) is 5.76 Å². The summed E-state index contributed by atoms with van der Waals surface area (Å²) in [5, 5.41) is 13.0. The van der Waals surface area contributed by atoms with Gasteiger partial charge in [0.2, 0.25) is 16.9 Å². The monoisotopic (exact) mass is 520 g/mol. The Balaban J connectivity index is 2.00. The summed E-state index contributed by atoms with van der Waals surface area (Å²) in [7, 11) is -6.43. The molecule has 8 nitrogen and oxygen atoms in total. The Kier molecular flexibility index (Phi) is 5.54. The van der Waals surface area contributed by atoms with Crippen LogP contribution < -0.4 is 9.61 Å². The number of hydrogen-bond acceptors (Lipinski definition) is 7. The molecule has 0 saturated heterocycles. The number of phenolic OH excluding ortho intramolecular Hbond substituents is 1. The fraction of sp³-hybridized carbons (Fsp3) is 0.100. The molecule has 0 aliphatic carbocycles. The molecule has 0 spiro atoms. The first-order chi connectivity index (χ1) is 16.2. The Hall–Kier alpha value is -4.01. The first-order valence-corrected chi connectivity index (χ1v) is 10.6. The largest absolute Gasteiger partial charge is 0.534 e. The second-order valence-corrected chi connectivity index (χ2v) is 8.45. The highest BCUT2D eigenvalue weighted by atomic mass is 32.2. The SMILES string of the molecule is O=c1c(-c2cnn(-c3ccccc3)c2)c(C(F)(F)F)oc2c(OS(=O)(=O)C(F)(F)F)c(O)ccc12. The van der Waals surface area contributed by atoms with Gasteiger partial charge in [-0.2, -0.15) is 39.9 Å². The lowest BCUT2D eigenvalue weighted by molar-refractivity contribution is -0.152. The van der Waals surface area contributed by atoms with E-state index in [0.29, 0.717) is 11.8 Å². The van der Waals surface area contributed by atoms with Crippen molar-refractivity contribution in [3.8, 4) is 28.3 Å². The topological polar surface area (TPSA) is 112 Å². The van der Waals surface area contributed by atoms with Gasteiger partial charge >= 0.3 is 21.8 Å². The van der Waals surface area contributed by atoms with Gasteiger partial charge in [-0.25, -0.2) is 4.68 Å². The van der Waals surface area contributed by atoms with E-state index in [1.165, 1.54) is 4.68 Å². The summed E-state index contributed by atoms with van der Waals surface area (Å²) in [4.78, 5) is 13.1. The minimum absolute atomic E-state index is 0.352. The van der Waals surface area contributed by atoms with Crippen molar-refractivity contribution in [2.45, 2.75) is 11.7 Å². The third-order valence-electron chi connectivity index (χ3n) is 4.62. The first-order valence-electron chi connectivity index (χ1n) is 9.22. The molecule has 2 aromatic carbocycles. The van der Waals surface area contributed by atoms with E-state index < -0.39 is 61.0 Å². The predicted molar refractivity (Wildman–Crippen MR) is 107 cm³/mol. The van der Waals surface area contributed by atoms with Crippen LogP contribution in [-0.2, 0) is 16.3 Å². The Morgan fingerprint density at radius 1 is 1.00 bits per heavy atom. The molecule has 0 unspecified atom stereocenters. The molecule has 0 fully saturated rings. The third-order valence-corrected chi connectivity index (χ3v) is 5.57. The van der Waals surface area contributed by atoms with Gasteiger partial charge in [-0.05, 0) is 24.3 Å². The Morgan fingerprint density at radius 3 is 2.26 bits per heavy atom. The van der Waals surface area contributed by atoms with E-state index in [1.54, 1.807) is 30.3 Å². The average Bonchev–Trinajstić information content (AvgIpc) is 3.24. The second kappa shape index (κ2) is 8.04. The van der Waals surface area contributed by atoms with Crippen LogP contribution in [0.2, 0.25) is 0 Å². The predicted octanol–water partition coefficient (Wildman–Crippen LogP) is 4.60. The standard InChI is InChI=1S/C20H10F6N2O6S/c21-19(22,23)18-14(10-8-27-28(9-10)11-4-2-1-3-5-11)15(30)12-6-7-13(29)17(16(12)33-18)34-35(31,32)20(24,25)26/h1-9,29H. The fourth-order valence-corrected chi connectivity index (χ4v) is 3.57. The molecular formula is C20H10F6N2O6S. The number of rotatable bonds is 4. The van der Waals surface area contributed by atoms with E-state index in [-0.39, 0.29) is 5.56 Å². The number of halogens is 6. The van der Waals surface area contributed by atoms with Crippen molar-refractivity contribution in [2.75, 3.05) is 0 Å². The molecule has 0 atom stereocenters. The number of phenols is 1. The minimum atomic E-state index is -6.43. The number of alkyl halides is 6. The number of para-hydroxylation sites is 1. The fourth-order valence-electron chi connectivity index (χ4n) is 3.10. The molecule has 0 aliphatic rings. The number of hydrogen-bond donors (Lipinski definition) is 1. The summed E-state index contributed by atoms with van der Waals surface area (Å²) in [6.07, 6.45) is -3.34. The molecule has 1 N–H and O–H groups in total. The van der Waals surface area contributed by atoms with Gasteiger partial charge < -0.3 is 13.7 Å². The molecule has 184 valence electrons. The van der Waals surface area contributed by atoms with Gasteiger partial charge in [-0.3, -0.25) is 4.79 Å². The van der Waals surface area contributed by atoms with E-state index >= 15 is 0 Å². The maximum Gasteiger partial charge on any atom is 0.534 e. The summed E-state index contributed by atoms with van der Waals surface area (Å²) in [5.41, 5.74) is -9.68. The average molecular weight is 520 g/mol. The summed E-state index contributed by atoms with van der Waals surface area (Å²) in [5.74, 6) is -4.91. The molecule has 0 bridgehead atoms. The zero-order valence-electron chi connectivity index (χ0n) is 16.8. The number of nitrogens with zero attached hydrogens (tertiary/aromatic N) is 2. The summed E-state index contributed by atoms with van der Waals surface area (Å²) in [6, 6.07) is 9.42. The van der Waals surface area contributed by atoms with E-state index in [1.807, 2.05) is 0 Å². The molecule has 15 heteroatoms. The molecule has 0 saturated carbocycles. The lowest BCUT2D eigenvalue weighted by Crippen LogP contribution is -2.28. The number of fused-ring (bicyclic) bond motifs is 1. The summed E-state index contributed by atoms with van der Waals surface area (Å²) < 4.78 is 112. The van der Waals surface area contributed by atoms with Crippen LogP contribution in [-0.4, -0.2) is 28.8 Å². The van der Waals surface area contributed by atoms with Crippen molar-refractivity contribution in [3.05, 3.63) is 70.8 Å². The number of aromatic hydroxyl groups is 1. The second-order valence-electron chi connectivity index (χ2n) is 6.92. The zero-order chi connectivity index (χ0) is 25.8. The van der Waals surface area contributed by atoms with E-state index in [0.717, 1.165) is 18.5 Å². The summed E-state index contributed by atoms with van der Waals surface area (Å²) in [6.45, 7) is 0. The molecule has 4 rings (SSSR count). The smallest absolute Gasteiger partial charge is 0.504 e. The molecule has 0 amide bonds. The van der Waals surface area contributed by atoms with E-state index in [2.05, 4.69) is 9.28 Å². The van der Waals surface area contributed by atoms with Crippen molar-refractivity contribution >= 4 is 21.1 Å². The lowest BCUT2D eigenvalue weighted by atomic mass is 10.0. The van der Waals surface area contributed by atoms with Crippen molar-refractivity contribution in [1.82, 2.24) is 9.78 Å². The van der Waals surface area contributed by atoms with Crippen molar-refractivity contribution in [2.24, 2.45) is 0 Å².